The number of nitrogens with two attached hydrogens (primary N) is 1. The van der Waals surface area contributed by atoms with Crippen LogP contribution in [0.1, 0.15) is 19.4 Å². The summed E-state index contributed by atoms with van der Waals surface area (Å²) < 4.78 is 0. The number of rotatable bonds is 4. The van der Waals surface area contributed by atoms with Gasteiger partial charge in [-0.2, -0.15) is 0 Å². The monoisotopic (exact) mass is 209 g/mol. The molecule has 1 heterocycles. The number of hydrogen-bond acceptors (Lipinski definition) is 4. The van der Waals surface area contributed by atoms with Gasteiger partial charge in [0.2, 0.25) is 0 Å². The first kappa shape index (κ1) is 11.8. The Morgan fingerprint density at radius 1 is 1.53 bits per heavy atom. The molecule has 0 aliphatic rings. The van der Waals surface area contributed by atoms with Gasteiger partial charge in [0.15, 0.2) is 0 Å². The van der Waals surface area contributed by atoms with Gasteiger partial charge < -0.3 is 16.2 Å². The molecule has 4 heteroatoms. The van der Waals surface area contributed by atoms with E-state index in [4.69, 9.17) is 5.73 Å². The van der Waals surface area contributed by atoms with E-state index in [0.717, 1.165) is 11.4 Å². The quantitative estimate of drug-likeness (QED) is 0.701. The van der Waals surface area contributed by atoms with Gasteiger partial charge in [0, 0.05) is 0 Å². The first-order valence-corrected chi connectivity index (χ1v) is 5.14. The molecule has 0 spiro atoms. The van der Waals surface area contributed by atoms with Crippen molar-refractivity contribution in [3.8, 4) is 0 Å². The Labute approximate surface area is 90.5 Å². The fourth-order valence-electron chi connectivity index (χ4n) is 1.35. The molecule has 1 rings (SSSR count). The zero-order valence-electron chi connectivity index (χ0n) is 9.49. The molecule has 0 aliphatic carbocycles. The third-order valence-electron chi connectivity index (χ3n) is 2.42. The molecule has 0 bridgehead atoms. The van der Waals surface area contributed by atoms with Crippen LogP contribution in [0.25, 0.3) is 0 Å². The number of nitrogen functional groups attached to an aromatic ring is 1. The van der Waals surface area contributed by atoms with Crippen LogP contribution in [0.5, 0.6) is 0 Å². The molecule has 0 aromatic carbocycles. The van der Waals surface area contributed by atoms with Crippen LogP contribution >= 0.6 is 0 Å². The maximum Gasteiger partial charge on any atom is 0.129 e. The Bertz CT molecular complexity index is 326. The highest BCUT2D eigenvalue weighted by Crippen LogP contribution is 2.16. The summed E-state index contributed by atoms with van der Waals surface area (Å²) in [4.78, 5) is 4.20. The number of hydrogen-bond donors (Lipinski definition) is 3. The third kappa shape index (κ3) is 3.09. The van der Waals surface area contributed by atoms with Crippen LogP contribution in [0.4, 0.5) is 11.5 Å². The van der Waals surface area contributed by atoms with Crippen molar-refractivity contribution in [2.75, 3.05) is 17.7 Å². The van der Waals surface area contributed by atoms with E-state index in [-0.39, 0.29) is 12.6 Å². The molecule has 1 aromatic rings. The van der Waals surface area contributed by atoms with Crippen LogP contribution in [0.2, 0.25) is 0 Å². The fraction of sp³-hybridized carbons (Fsp3) is 0.545. The largest absolute Gasteiger partial charge is 0.397 e. The second-order valence-corrected chi connectivity index (χ2v) is 4.11. The molecular formula is C11H19N3O. The highest BCUT2D eigenvalue weighted by atomic mass is 16.3. The van der Waals surface area contributed by atoms with Crippen LogP contribution in [0.15, 0.2) is 12.3 Å². The highest BCUT2D eigenvalue weighted by molar-refractivity contribution is 5.51. The highest BCUT2D eigenvalue weighted by Gasteiger charge is 2.13. The van der Waals surface area contributed by atoms with E-state index in [2.05, 4.69) is 24.1 Å². The maximum absolute atomic E-state index is 9.19. The second-order valence-electron chi connectivity index (χ2n) is 4.11. The predicted molar refractivity (Wildman–Crippen MR) is 62.7 cm³/mol. The van der Waals surface area contributed by atoms with Crippen LogP contribution < -0.4 is 11.1 Å². The van der Waals surface area contributed by atoms with Gasteiger partial charge in [0.05, 0.1) is 24.5 Å². The molecule has 0 amide bonds. The lowest BCUT2D eigenvalue weighted by Crippen LogP contribution is -2.30. The molecule has 0 aliphatic heterocycles. The predicted octanol–water partition coefficient (Wildman–Crippen LogP) is 1.40. The normalized spacial score (nSPS) is 12.9. The van der Waals surface area contributed by atoms with Crippen molar-refractivity contribution < 1.29 is 5.11 Å². The van der Waals surface area contributed by atoms with E-state index >= 15 is 0 Å². The smallest absolute Gasteiger partial charge is 0.129 e. The van der Waals surface area contributed by atoms with Crippen molar-refractivity contribution in [2.24, 2.45) is 5.92 Å². The number of aliphatic hydroxyl groups is 1. The van der Waals surface area contributed by atoms with Gasteiger partial charge in [-0.05, 0) is 24.5 Å². The minimum absolute atomic E-state index is 0.0276. The van der Waals surface area contributed by atoms with Crippen LogP contribution in [0, 0.1) is 12.8 Å². The number of pyridine rings is 1. The molecule has 1 aromatic heterocycles. The lowest BCUT2D eigenvalue weighted by molar-refractivity contribution is 0.249. The van der Waals surface area contributed by atoms with Gasteiger partial charge >= 0.3 is 0 Å². The summed E-state index contributed by atoms with van der Waals surface area (Å²) >= 11 is 0. The number of aryl methyl sites for hydroxylation is 1. The van der Waals surface area contributed by atoms with E-state index in [9.17, 15) is 5.11 Å². The van der Waals surface area contributed by atoms with Crippen molar-refractivity contribution in [1.82, 2.24) is 4.98 Å². The lowest BCUT2D eigenvalue weighted by Gasteiger charge is -2.21. The van der Waals surface area contributed by atoms with Gasteiger partial charge in [-0.15, -0.1) is 0 Å². The van der Waals surface area contributed by atoms with Crippen molar-refractivity contribution in [3.63, 3.8) is 0 Å². The molecule has 4 nitrogen and oxygen atoms in total. The molecule has 0 unspecified atom stereocenters. The SMILES string of the molecule is Cc1cc(N)cnc1N[C@H](CO)C(C)C. The molecule has 0 saturated heterocycles. The average molecular weight is 209 g/mol. The van der Waals surface area contributed by atoms with E-state index in [0.29, 0.717) is 11.6 Å². The molecule has 1 atom stereocenters. The van der Waals surface area contributed by atoms with Gasteiger partial charge in [-0.1, -0.05) is 13.8 Å². The van der Waals surface area contributed by atoms with Gasteiger partial charge in [-0.3, -0.25) is 0 Å². The van der Waals surface area contributed by atoms with Gasteiger partial charge in [0.1, 0.15) is 5.82 Å². The summed E-state index contributed by atoms with van der Waals surface area (Å²) in [5.74, 6) is 1.14. The summed E-state index contributed by atoms with van der Waals surface area (Å²) in [6.07, 6.45) is 1.62. The molecule has 4 N–H and O–H groups in total. The number of aliphatic hydroxyl groups excluding tert-OH is 1. The van der Waals surface area contributed by atoms with E-state index in [1.165, 1.54) is 0 Å². The first-order valence-electron chi connectivity index (χ1n) is 5.14. The summed E-state index contributed by atoms with van der Waals surface area (Å²) in [6, 6.07) is 1.89. The minimum Gasteiger partial charge on any atom is -0.397 e. The number of anilines is 2. The Balaban J connectivity index is 2.79. The maximum atomic E-state index is 9.19. The molecule has 0 fully saturated rings. The Kier molecular flexibility index (Phi) is 3.91. The van der Waals surface area contributed by atoms with Gasteiger partial charge in [-0.25, -0.2) is 4.98 Å². The zero-order valence-corrected chi connectivity index (χ0v) is 9.49. The lowest BCUT2D eigenvalue weighted by atomic mass is 10.1. The molecule has 0 saturated carbocycles. The Morgan fingerprint density at radius 2 is 2.20 bits per heavy atom. The summed E-state index contributed by atoms with van der Waals surface area (Å²) in [6.45, 7) is 6.16. The van der Waals surface area contributed by atoms with Gasteiger partial charge in [0.25, 0.3) is 0 Å². The number of nitrogens with zero attached hydrogens (tertiary/aromatic N) is 1. The first-order chi connectivity index (χ1) is 7.04. The van der Waals surface area contributed by atoms with Crippen molar-refractivity contribution >= 4 is 11.5 Å². The average Bonchev–Trinajstić information content (AvgIpc) is 2.16. The molecule has 15 heavy (non-hydrogen) atoms. The third-order valence-corrected chi connectivity index (χ3v) is 2.42. The van der Waals surface area contributed by atoms with Crippen LogP contribution in [-0.4, -0.2) is 22.7 Å². The van der Waals surface area contributed by atoms with Crippen molar-refractivity contribution in [3.05, 3.63) is 17.8 Å². The summed E-state index contributed by atoms with van der Waals surface area (Å²) in [5.41, 5.74) is 7.26. The number of nitrogens with one attached hydrogen (secondary N) is 1. The van der Waals surface area contributed by atoms with E-state index in [1.807, 2.05) is 13.0 Å². The molecule has 0 radical (unpaired) electrons. The minimum atomic E-state index is 0.0276. The summed E-state index contributed by atoms with van der Waals surface area (Å²) in [5, 5.41) is 12.4. The summed E-state index contributed by atoms with van der Waals surface area (Å²) in [7, 11) is 0. The topological polar surface area (TPSA) is 71.2 Å². The number of aromatic nitrogens is 1. The van der Waals surface area contributed by atoms with E-state index in [1.54, 1.807) is 6.20 Å². The fourth-order valence-corrected chi connectivity index (χ4v) is 1.35. The standard InChI is InChI=1S/C11H19N3O/c1-7(2)10(6-15)14-11-8(3)4-9(12)5-13-11/h4-5,7,10,15H,6,12H2,1-3H3,(H,13,14)/t10-/m1/s1. The van der Waals surface area contributed by atoms with Crippen LogP contribution in [-0.2, 0) is 0 Å². The molecular weight excluding hydrogens is 190 g/mol. The Hall–Kier alpha value is -1.29. The van der Waals surface area contributed by atoms with E-state index < -0.39 is 0 Å². The van der Waals surface area contributed by atoms with Crippen molar-refractivity contribution in [2.45, 2.75) is 26.8 Å². The molecule has 84 valence electrons. The van der Waals surface area contributed by atoms with Crippen LogP contribution in [0.3, 0.4) is 0 Å². The second kappa shape index (κ2) is 4.98. The Morgan fingerprint density at radius 3 is 2.67 bits per heavy atom. The van der Waals surface area contributed by atoms with Crippen molar-refractivity contribution in [1.29, 1.82) is 0 Å². The zero-order chi connectivity index (χ0) is 11.4.